The molecule has 4 rings (SSSR count). The van der Waals surface area contributed by atoms with Gasteiger partial charge in [0, 0.05) is 5.41 Å². The van der Waals surface area contributed by atoms with Crippen LogP contribution in [0.4, 0.5) is 0 Å². The highest BCUT2D eigenvalue weighted by Gasteiger charge is 2.61. The summed E-state index contributed by atoms with van der Waals surface area (Å²) < 4.78 is 5.34. The molecule has 0 unspecified atom stereocenters. The molecular formula is C24H28O5. The van der Waals surface area contributed by atoms with Gasteiger partial charge in [0.05, 0.1) is 12.8 Å². The second-order valence-corrected chi connectivity index (χ2v) is 9.14. The molecule has 2 N–H and O–H groups in total. The van der Waals surface area contributed by atoms with Crippen LogP contribution in [0.2, 0.25) is 0 Å². The molecule has 1 aromatic carbocycles. The molecule has 1 aromatic rings. The highest BCUT2D eigenvalue weighted by atomic mass is 16.5. The lowest BCUT2D eigenvalue weighted by Gasteiger charge is -2.52. The van der Waals surface area contributed by atoms with Crippen molar-refractivity contribution in [2.45, 2.75) is 69.8 Å². The Morgan fingerprint density at radius 2 is 2.03 bits per heavy atom. The number of ether oxygens (including phenoxy) is 1. The van der Waals surface area contributed by atoms with Gasteiger partial charge in [-0.05, 0) is 79.5 Å². The lowest BCUT2D eigenvalue weighted by atomic mass is 9.53. The molecule has 29 heavy (non-hydrogen) atoms. The highest BCUT2D eigenvalue weighted by molar-refractivity contribution is 5.78. The molecule has 0 aliphatic heterocycles. The normalized spacial score (nSPS) is 35.0. The van der Waals surface area contributed by atoms with Crippen LogP contribution in [-0.4, -0.2) is 27.8 Å². The van der Waals surface area contributed by atoms with Gasteiger partial charge in [0.2, 0.25) is 0 Å². The summed E-state index contributed by atoms with van der Waals surface area (Å²) in [6.45, 7) is 2.18. The molecule has 0 radical (unpaired) electrons. The van der Waals surface area contributed by atoms with Crippen LogP contribution in [-0.2, 0) is 16.0 Å². The van der Waals surface area contributed by atoms with Crippen LogP contribution in [0, 0.1) is 29.6 Å². The third kappa shape index (κ3) is 3.24. The second kappa shape index (κ2) is 7.18. The van der Waals surface area contributed by atoms with Gasteiger partial charge in [0.15, 0.2) is 0 Å². The van der Waals surface area contributed by atoms with Crippen LogP contribution in [0.3, 0.4) is 0 Å². The van der Waals surface area contributed by atoms with E-state index in [1.54, 1.807) is 0 Å². The van der Waals surface area contributed by atoms with Crippen LogP contribution in [0.1, 0.15) is 68.9 Å². The fourth-order valence-electron chi connectivity index (χ4n) is 6.27. The van der Waals surface area contributed by atoms with Gasteiger partial charge in [-0.25, -0.2) is 0 Å². The lowest BCUT2D eigenvalue weighted by Crippen LogP contribution is -2.50. The molecule has 5 heteroatoms. The lowest BCUT2D eigenvalue weighted by molar-refractivity contribution is -0.142. The summed E-state index contributed by atoms with van der Waals surface area (Å²) in [7, 11) is 0. The molecule has 2 fully saturated rings. The van der Waals surface area contributed by atoms with Crippen LogP contribution >= 0.6 is 0 Å². The molecular weight excluding hydrogens is 368 g/mol. The Kier molecular flexibility index (Phi) is 4.94. The number of aliphatic carboxylic acids is 1. The van der Waals surface area contributed by atoms with Crippen LogP contribution in [0.15, 0.2) is 18.2 Å². The van der Waals surface area contributed by atoms with E-state index in [1.807, 2.05) is 12.1 Å². The van der Waals surface area contributed by atoms with Crippen LogP contribution in [0.25, 0.3) is 0 Å². The van der Waals surface area contributed by atoms with Gasteiger partial charge >= 0.3 is 11.9 Å². The molecule has 0 aromatic heterocycles. The van der Waals surface area contributed by atoms with Crippen molar-refractivity contribution in [2.24, 2.45) is 17.3 Å². The van der Waals surface area contributed by atoms with E-state index in [2.05, 4.69) is 18.9 Å². The molecule has 154 valence electrons. The monoisotopic (exact) mass is 396 g/mol. The number of terminal acetylenes is 1. The van der Waals surface area contributed by atoms with Crippen molar-refractivity contribution in [1.82, 2.24) is 0 Å². The molecule has 0 heterocycles. The highest BCUT2D eigenvalue weighted by Crippen LogP contribution is 2.64. The molecule has 0 spiro atoms. The number of carbonyl (C=O) groups is 2. The van der Waals surface area contributed by atoms with E-state index in [0.717, 1.165) is 32.1 Å². The Balaban J connectivity index is 1.52. The van der Waals surface area contributed by atoms with Crippen LogP contribution in [0.5, 0.6) is 5.75 Å². The molecule has 5 nitrogen and oxygen atoms in total. The smallest absolute Gasteiger partial charge is 0.311 e. The Hall–Kier alpha value is -2.32. The standard InChI is InChI=1S/C24H28O5/c1-3-24(28)13-11-20-19-6-4-15-14-16(29-22(27)9-8-21(25)26)5-7-17(15)18(19)10-12-23(20,24)2/h1,5,7,14,18-20,28H,4,6,8-13H2,2H3,(H,25,26)/t18-,19-,20+,23+,24+/m1/s1. The zero-order valence-corrected chi connectivity index (χ0v) is 16.8. The van der Waals surface area contributed by atoms with Crippen molar-refractivity contribution in [2.75, 3.05) is 0 Å². The summed E-state index contributed by atoms with van der Waals surface area (Å²) in [6.07, 6.45) is 10.9. The number of carboxylic acids is 1. The average Bonchev–Trinajstić information content (AvgIpc) is 2.97. The fraction of sp³-hybridized carbons (Fsp3) is 0.583. The first-order valence-corrected chi connectivity index (χ1v) is 10.5. The number of hydrogen-bond acceptors (Lipinski definition) is 4. The quantitative estimate of drug-likeness (QED) is 0.461. The Labute approximate surface area is 171 Å². The minimum atomic E-state index is -1.01. The second-order valence-electron chi connectivity index (χ2n) is 9.14. The van der Waals surface area contributed by atoms with Crippen molar-refractivity contribution in [3.05, 3.63) is 29.3 Å². The summed E-state index contributed by atoms with van der Waals surface area (Å²) in [6, 6.07) is 5.82. The first-order valence-electron chi connectivity index (χ1n) is 10.5. The third-order valence-corrected chi connectivity index (χ3v) is 7.86. The molecule has 2 saturated carbocycles. The molecule has 3 aliphatic rings. The van der Waals surface area contributed by atoms with Crippen molar-refractivity contribution in [3.63, 3.8) is 0 Å². The van der Waals surface area contributed by atoms with E-state index in [9.17, 15) is 14.7 Å². The number of benzene rings is 1. The van der Waals surface area contributed by atoms with E-state index in [4.69, 9.17) is 16.3 Å². The first kappa shape index (κ1) is 20.0. The van der Waals surface area contributed by atoms with Crippen molar-refractivity contribution in [1.29, 1.82) is 0 Å². The summed E-state index contributed by atoms with van der Waals surface area (Å²) in [5.41, 5.74) is 1.34. The average molecular weight is 396 g/mol. The van der Waals surface area contributed by atoms with Gasteiger partial charge in [-0.15, -0.1) is 6.42 Å². The summed E-state index contributed by atoms with van der Waals surface area (Å²) in [4.78, 5) is 22.4. The van der Waals surface area contributed by atoms with E-state index in [0.29, 0.717) is 29.9 Å². The van der Waals surface area contributed by atoms with E-state index < -0.39 is 17.5 Å². The molecule has 3 aliphatic carbocycles. The zero-order chi connectivity index (χ0) is 20.8. The van der Waals surface area contributed by atoms with E-state index in [1.165, 1.54) is 11.1 Å². The van der Waals surface area contributed by atoms with Gasteiger partial charge in [-0.2, -0.15) is 0 Å². The van der Waals surface area contributed by atoms with E-state index in [-0.39, 0.29) is 18.3 Å². The predicted octanol–water partition coefficient (Wildman–Crippen LogP) is 3.68. The van der Waals surface area contributed by atoms with Crippen molar-refractivity contribution < 1.29 is 24.5 Å². The molecule has 0 bridgehead atoms. The SMILES string of the molecule is C#C[C@]1(O)CC[C@H]2[C@@H]3CCc4cc(OC(=O)CCC(=O)O)ccc4[C@H]3CC[C@@]21C. The number of esters is 1. The Bertz CT molecular complexity index is 884. The maximum atomic E-state index is 11.8. The summed E-state index contributed by atoms with van der Waals surface area (Å²) >= 11 is 0. The maximum Gasteiger partial charge on any atom is 0.311 e. The minimum absolute atomic E-state index is 0.129. The zero-order valence-electron chi connectivity index (χ0n) is 16.8. The summed E-state index contributed by atoms with van der Waals surface area (Å²) in [5.74, 6) is 3.08. The Morgan fingerprint density at radius 1 is 1.24 bits per heavy atom. The van der Waals surface area contributed by atoms with Gasteiger partial charge < -0.3 is 14.9 Å². The summed E-state index contributed by atoms with van der Waals surface area (Å²) in [5, 5.41) is 19.7. The number of hydrogen-bond donors (Lipinski definition) is 2. The number of aryl methyl sites for hydroxylation is 1. The van der Waals surface area contributed by atoms with Gasteiger partial charge in [0.1, 0.15) is 11.4 Å². The van der Waals surface area contributed by atoms with Crippen molar-refractivity contribution in [3.8, 4) is 18.1 Å². The van der Waals surface area contributed by atoms with Crippen molar-refractivity contribution >= 4 is 11.9 Å². The third-order valence-electron chi connectivity index (χ3n) is 7.86. The van der Waals surface area contributed by atoms with Gasteiger partial charge in [0.25, 0.3) is 0 Å². The van der Waals surface area contributed by atoms with Crippen LogP contribution < -0.4 is 4.74 Å². The number of carbonyl (C=O) groups excluding carboxylic acids is 1. The molecule has 0 saturated heterocycles. The minimum Gasteiger partial charge on any atom is -0.481 e. The number of rotatable bonds is 4. The molecule has 0 amide bonds. The maximum absolute atomic E-state index is 11.8. The van der Waals surface area contributed by atoms with E-state index >= 15 is 0 Å². The number of aliphatic hydroxyl groups is 1. The first-order chi connectivity index (χ1) is 13.8. The predicted molar refractivity (Wildman–Crippen MR) is 107 cm³/mol. The number of fused-ring (bicyclic) bond motifs is 5. The fourth-order valence-corrected chi connectivity index (χ4v) is 6.27. The largest absolute Gasteiger partial charge is 0.481 e. The topological polar surface area (TPSA) is 83.8 Å². The number of carboxylic acid groups (broad SMARTS) is 1. The Morgan fingerprint density at radius 3 is 2.76 bits per heavy atom. The van der Waals surface area contributed by atoms with Gasteiger partial charge in [-0.1, -0.05) is 18.9 Å². The van der Waals surface area contributed by atoms with Gasteiger partial charge in [-0.3, -0.25) is 9.59 Å². The molecule has 5 atom stereocenters.